The van der Waals surface area contributed by atoms with Gasteiger partial charge in [-0.3, -0.25) is 9.59 Å². The number of hydrogen-bond donors (Lipinski definition) is 2. The SMILES string of the molecule is CC(C)(CC(=O)Nc1ccc(OCc2cccc(C#N)c2)c(Cl)c1)C(=O)O. The molecule has 7 heteroatoms. The number of carbonyl (C=O) groups excluding carboxylic acids is 1. The number of carboxylic acid groups (broad SMARTS) is 1. The lowest BCUT2D eigenvalue weighted by atomic mass is 9.89. The average molecular weight is 387 g/mol. The molecule has 0 fully saturated rings. The summed E-state index contributed by atoms with van der Waals surface area (Å²) in [5.74, 6) is -1.02. The number of aliphatic carboxylic acids is 1. The van der Waals surface area contributed by atoms with E-state index in [1.165, 1.54) is 19.9 Å². The van der Waals surface area contributed by atoms with Gasteiger partial charge in [-0.25, -0.2) is 0 Å². The maximum atomic E-state index is 12.0. The minimum Gasteiger partial charge on any atom is -0.487 e. The number of nitriles is 1. The van der Waals surface area contributed by atoms with Gasteiger partial charge in [-0.1, -0.05) is 23.7 Å². The van der Waals surface area contributed by atoms with Gasteiger partial charge >= 0.3 is 5.97 Å². The summed E-state index contributed by atoms with van der Waals surface area (Å²) in [6.45, 7) is 3.22. The van der Waals surface area contributed by atoms with Crippen LogP contribution in [0.25, 0.3) is 0 Å². The Kier molecular flexibility index (Phi) is 6.43. The van der Waals surface area contributed by atoms with Crippen LogP contribution in [0, 0.1) is 16.7 Å². The van der Waals surface area contributed by atoms with Crippen molar-refractivity contribution in [2.24, 2.45) is 5.41 Å². The van der Waals surface area contributed by atoms with Gasteiger partial charge in [0.15, 0.2) is 0 Å². The van der Waals surface area contributed by atoms with Crippen LogP contribution in [-0.4, -0.2) is 17.0 Å². The number of halogens is 1. The number of carbonyl (C=O) groups is 2. The van der Waals surface area contributed by atoms with Crippen LogP contribution in [-0.2, 0) is 16.2 Å². The molecule has 2 aromatic rings. The van der Waals surface area contributed by atoms with Gasteiger partial charge in [0, 0.05) is 12.1 Å². The third kappa shape index (κ3) is 5.73. The zero-order chi connectivity index (χ0) is 20.0. The van der Waals surface area contributed by atoms with Crippen LogP contribution in [0.1, 0.15) is 31.4 Å². The Morgan fingerprint density at radius 1 is 1.26 bits per heavy atom. The van der Waals surface area contributed by atoms with Crippen molar-refractivity contribution in [2.45, 2.75) is 26.9 Å². The molecule has 0 aromatic heterocycles. The lowest BCUT2D eigenvalue weighted by molar-refractivity contribution is -0.148. The van der Waals surface area contributed by atoms with Crippen molar-refractivity contribution < 1.29 is 19.4 Å². The zero-order valence-corrected chi connectivity index (χ0v) is 15.7. The number of anilines is 1. The number of hydrogen-bond acceptors (Lipinski definition) is 4. The van der Waals surface area contributed by atoms with Gasteiger partial charge in [0.2, 0.25) is 5.91 Å². The lowest BCUT2D eigenvalue weighted by Crippen LogP contribution is -2.29. The Balaban J connectivity index is 1.99. The monoisotopic (exact) mass is 386 g/mol. The molecule has 0 radical (unpaired) electrons. The van der Waals surface area contributed by atoms with Gasteiger partial charge in [0.25, 0.3) is 0 Å². The van der Waals surface area contributed by atoms with E-state index in [-0.39, 0.29) is 13.0 Å². The lowest BCUT2D eigenvalue weighted by Gasteiger charge is -2.18. The molecule has 0 spiro atoms. The number of nitrogens with one attached hydrogen (secondary N) is 1. The second-order valence-corrected chi connectivity index (χ2v) is 7.07. The molecule has 0 saturated heterocycles. The Hall–Kier alpha value is -3.04. The smallest absolute Gasteiger partial charge is 0.309 e. The fourth-order valence-electron chi connectivity index (χ4n) is 2.27. The van der Waals surface area contributed by atoms with Gasteiger partial charge in [0.05, 0.1) is 22.1 Å². The van der Waals surface area contributed by atoms with E-state index in [1.54, 1.807) is 30.3 Å². The predicted octanol–water partition coefficient (Wildman–Crippen LogP) is 4.23. The fourth-order valence-corrected chi connectivity index (χ4v) is 2.50. The van der Waals surface area contributed by atoms with Crippen molar-refractivity contribution >= 4 is 29.2 Å². The number of amides is 1. The van der Waals surface area contributed by atoms with Crippen molar-refractivity contribution in [3.8, 4) is 11.8 Å². The van der Waals surface area contributed by atoms with E-state index in [1.807, 2.05) is 6.07 Å². The number of benzene rings is 2. The molecule has 6 nitrogen and oxygen atoms in total. The van der Waals surface area contributed by atoms with Crippen molar-refractivity contribution in [1.29, 1.82) is 5.26 Å². The highest BCUT2D eigenvalue weighted by atomic mass is 35.5. The summed E-state index contributed by atoms with van der Waals surface area (Å²) in [5, 5.41) is 20.9. The van der Waals surface area contributed by atoms with E-state index in [2.05, 4.69) is 11.4 Å². The van der Waals surface area contributed by atoms with Crippen LogP contribution >= 0.6 is 11.6 Å². The number of rotatable bonds is 7. The summed E-state index contributed by atoms with van der Waals surface area (Å²) in [6, 6.07) is 13.9. The van der Waals surface area contributed by atoms with Gasteiger partial charge in [-0.2, -0.15) is 5.26 Å². The predicted molar refractivity (Wildman–Crippen MR) is 102 cm³/mol. The number of carboxylic acids is 1. The standard InChI is InChI=1S/C20H19ClN2O4/c1-20(2,19(25)26)10-18(24)23-15-6-7-17(16(21)9-15)27-12-14-5-3-4-13(8-14)11-22/h3-9H,10,12H2,1-2H3,(H,23,24)(H,25,26). The molecule has 0 heterocycles. The zero-order valence-electron chi connectivity index (χ0n) is 15.0. The van der Waals surface area contributed by atoms with E-state index in [9.17, 15) is 9.59 Å². The van der Waals surface area contributed by atoms with Gasteiger partial charge in [-0.15, -0.1) is 0 Å². The molecule has 140 valence electrons. The molecule has 2 N–H and O–H groups in total. The summed E-state index contributed by atoms with van der Waals surface area (Å²) in [4.78, 5) is 23.1. The molecule has 2 rings (SSSR count). The quantitative estimate of drug-likeness (QED) is 0.741. The van der Waals surface area contributed by atoms with Crippen molar-refractivity contribution in [3.05, 3.63) is 58.6 Å². The van der Waals surface area contributed by atoms with E-state index in [4.69, 9.17) is 26.7 Å². The van der Waals surface area contributed by atoms with Gasteiger partial charge in [0.1, 0.15) is 12.4 Å². The molecule has 0 bridgehead atoms. The summed E-state index contributed by atoms with van der Waals surface area (Å²) >= 11 is 6.20. The second-order valence-electron chi connectivity index (χ2n) is 6.66. The first-order chi connectivity index (χ1) is 12.7. The minimum absolute atomic E-state index is 0.159. The first-order valence-electron chi connectivity index (χ1n) is 8.16. The molecule has 0 atom stereocenters. The molecule has 2 aromatic carbocycles. The van der Waals surface area contributed by atoms with Crippen LogP contribution < -0.4 is 10.1 Å². The Labute approximate surface area is 162 Å². The van der Waals surface area contributed by atoms with Crippen LogP contribution in [0.3, 0.4) is 0 Å². The minimum atomic E-state index is -1.16. The fraction of sp³-hybridized carbons (Fsp3) is 0.250. The van der Waals surface area contributed by atoms with E-state index in [0.717, 1.165) is 5.56 Å². The van der Waals surface area contributed by atoms with Crippen LogP contribution in [0.2, 0.25) is 5.02 Å². The van der Waals surface area contributed by atoms with Crippen molar-refractivity contribution in [2.75, 3.05) is 5.32 Å². The third-order valence-corrected chi connectivity index (χ3v) is 4.14. The highest BCUT2D eigenvalue weighted by molar-refractivity contribution is 6.32. The highest BCUT2D eigenvalue weighted by Gasteiger charge is 2.30. The Morgan fingerprint density at radius 3 is 2.63 bits per heavy atom. The molecule has 0 saturated carbocycles. The first kappa shape index (κ1) is 20.3. The van der Waals surface area contributed by atoms with E-state index < -0.39 is 17.3 Å². The Morgan fingerprint density at radius 2 is 2.00 bits per heavy atom. The molecule has 0 aliphatic heterocycles. The third-order valence-electron chi connectivity index (χ3n) is 3.85. The maximum absolute atomic E-state index is 12.0. The number of ether oxygens (including phenoxy) is 1. The average Bonchev–Trinajstić information content (AvgIpc) is 2.60. The van der Waals surface area contributed by atoms with E-state index >= 15 is 0 Å². The normalized spacial score (nSPS) is 10.7. The summed E-state index contributed by atoms with van der Waals surface area (Å²) in [5.41, 5.74) is 0.669. The molecule has 27 heavy (non-hydrogen) atoms. The van der Waals surface area contributed by atoms with Crippen LogP contribution in [0.4, 0.5) is 5.69 Å². The first-order valence-corrected chi connectivity index (χ1v) is 8.54. The highest BCUT2D eigenvalue weighted by Crippen LogP contribution is 2.29. The second kappa shape index (κ2) is 8.56. The van der Waals surface area contributed by atoms with Crippen molar-refractivity contribution in [3.63, 3.8) is 0 Å². The molecule has 1 amide bonds. The summed E-state index contributed by atoms with van der Waals surface area (Å²) in [7, 11) is 0. The van der Waals surface area contributed by atoms with Gasteiger partial charge in [-0.05, 0) is 49.7 Å². The molecular weight excluding hydrogens is 368 g/mol. The largest absolute Gasteiger partial charge is 0.487 e. The van der Waals surface area contributed by atoms with E-state index in [0.29, 0.717) is 22.0 Å². The molecule has 0 unspecified atom stereocenters. The van der Waals surface area contributed by atoms with Crippen LogP contribution in [0.5, 0.6) is 5.75 Å². The maximum Gasteiger partial charge on any atom is 0.309 e. The van der Waals surface area contributed by atoms with Crippen molar-refractivity contribution in [1.82, 2.24) is 0 Å². The Bertz CT molecular complexity index is 903. The topological polar surface area (TPSA) is 99.4 Å². The summed E-state index contributed by atoms with van der Waals surface area (Å²) < 4.78 is 5.66. The van der Waals surface area contributed by atoms with Crippen LogP contribution in [0.15, 0.2) is 42.5 Å². The molecular formula is C20H19ClN2O4. The summed E-state index contributed by atoms with van der Waals surface area (Å²) in [6.07, 6.45) is -0.159. The number of nitrogens with zero attached hydrogens (tertiary/aromatic N) is 1. The molecule has 0 aliphatic carbocycles. The van der Waals surface area contributed by atoms with Gasteiger partial charge < -0.3 is 15.2 Å². The molecule has 0 aliphatic rings.